The van der Waals surface area contributed by atoms with Crippen LogP contribution in [0.1, 0.15) is 12.3 Å². The van der Waals surface area contributed by atoms with Crippen LogP contribution in [-0.4, -0.2) is 65.2 Å². The summed E-state index contributed by atoms with van der Waals surface area (Å²) >= 11 is 0. The highest BCUT2D eigenvalue weighted by Gasteiger charge is 2.17. The Balaban J connectivity index is 1.13. The molecule has 0 saturated carbocycles. The molecule has 0 aliphatic carbocycles. The molecule has 1 aromatic carbocycles. The Morgan fingerprint density at radius 3 is 2.68 bits per heavy atom. The lowest BCUT2D eigenvalue weighted by atomic mass is 10.2. The van der Waals surface area contributed by atoms with Gasteiger partial charge in [0.1, 0.15) is 5.82 Å². The number of hydrogen-bond acceptors (Lipinski definition) is 7. The summed E-state index contributed by atoms with van der Waals surface area (Å²) in [5.41, 5.74) is 1.82. The molecule has 0 unspecified atom stereocenters. The summed E-state index contributed by atoms with van der Waals surface area (Å²) in [7, 11) is 0. The van der Waals surface area contributed by atoms with E-state index in [1.165, 1.54) is 12.1 Å². The molecule has 8 nitrogen and oxygen atoms in total. The molecule has 0 bridgehead atoms. The molecule has 9 heteroatoms. The molecule has 162 valence electrons. The number of anilines is 1. The number of aryl methyl sites for hydroxylation is 1. The summed E-state index contributed by atoms with van der Waals surface area (Å²) in [5.74, 6) is 0.659. The highest BCUT2D eigenvalue weighted by molar-refractivity contribution is 5.76. The van der Waals surface area contributed by atoms with Gasteiger partial charge in [0.15, 0.2) is 0 Å². The van der Waals surface area contributed by atoms with E-state index in [-0.39, 0.29) is 11.7 Å². The van der Waals surface area contributed by atoms with Crippen LogP contribution in [0, 0.1) is 5.82 Å². The second-order valence-electron chi connectivity index (χ2n) is 7.41. The Bertz CT molecular complexity index is 971. The molecule has 0 atom stereocenters. The normalized spacial score (nSPS) is 14.5. The molecule has 1 saturated heterocycles. The van der Waals surface area contributed by atoms with Crippen molar-refractivity contribution in [1.82, 2.24) is 25.3 Å². The number of carbonyl (C=O) groups is 1. The van der Waals surface area contributed by atoms with Crippen molar-refractivity contribution in [1.29, 1.82) is 0 Å². The third kappa shape index (κ3) is 5.85. The first-order valence-electron chi connectivity index (χ1n) is 10.4. The van der Waals surface area contributed by atoms with E-state index in [1.807, 2.05) is 24.3 Å². The molecule has 3 heterocycles. The third-order valence-corrected chi connectivity index (χ3v) is 5.27. The van der Waals surface area contributed by atoms with Crippen molar-refractivity contribution in [2.75, 3.05) is 44.2 Å². The summed E-state index contributed by atoms with van der Waals surface area (Å²) in [4.78, 5) is 25.0. The van der Waals surface area contributed by atoms with Gasteiger partial charge in [-0.2, -0.15) is 4.98 Å². The molecule has 0 spiro atoms. The summed E-state index contributed by atoms with van der Waals surface area (Å²) < 4.78 is 18.3. The molecular weight excluding hydrogens is 399 g/mol. The van der Waals surface area contributed by atoms with Crippen LogP contribution in [-0.2, 0) is 11.2 Å². The van der Waals surface area contributed by atoms with Crippen molar-refractivity contribution >= 4 is 11.6 Å². The topological polar surface area (TPSA) is 87.4 Å². The highest BCUT2D eigenvalue weighted by atomic mass is 19.1. The molecule has 0 radical (unpaired) electrons. The molecular formula is C22H25FN6O2. The van der Waals surface area contributed by atoms with Crippen LogP contribution in [0.25, 0.3) is 11.4 Å². The molecule has 3 aromatic rings. The number of nitrogens with zero attached hydrogens (tertiary/aromatic N) is 5. The lowest BCUT2D eigenvalue weighted by Crippen LogP contribution is -2.48. The first kappa shape index (κ1) is 20.9. The van der Waals surface area contributed by atoms with Gasteiger partial charge in [-0.1, -0.05) is 5.16 Å². The van der Waals surface area contributed by atoms with Crippen LogP contribution in [0.2, 0.25) is 0 Å². The summed E-state index contributed by atoms with van der Waals surface area (Å²) in [6.45, 7) is 4.99. The first-order valence-corrected chi connectivity index (χ1v) is 10.4. The monoisotopic (exact) mass is 424 g/mol. The van der Waals surface area contributed by atoms with Crippen LogP contribution < -0.4 is 10.2 Å². The maximum Gasteiger partial charge on any atom is 0.227 e. The average molecular weight is 424 g/mol. The van der Waals surface area contributed by atoms with Crippen molar-refractivity contribution in [3.8, 4) is 11.4 Å². The maximum atomic E-state index is 13.1. The van der Waals surface area contributed by atoms with Gasteiger partial charge in [-0.05, 0) is 36.4 Å². The molecule has 4 rings (SSSR count). The van der Waals surface area contributed by atoms with Gasteiger partial charge in [0.25, 0.3) is 0 Å². The van der Waals surface area contributed by atoms with Crippen LogP contribution in [0.3, 0.4) is 0 Å². The predicted molar refractivity (Wildman–Crippen MR) is 114 cm³/mol. The van der Waals surface area contributed by atoms with Crippen LogP contribution in [0.5, 0.6) is 0 Å². The lowest BCUT2D eigenvalue weighted by Gasteiger charge is -2.36. The van der Waals surface area contributed by atoms with E-state index >= 15 is 0 Å². The smallest absolute Gasteiger partial charge is 0.227 e. The quantitative estimate of drug-likeness (QED) is 0.593. The van der Waals surface area contributed by atoms with Gasteiger partial charge < -0.3 is 14.7 Å². The molecule has 1 aliphatic rings. The fraction of sp³-hybridized carbons (Fsp3) is 0.364. The zero-order valence-electron chi connectivity index (χ0n) is 17.2. The van der Waals surface area contributed by atoms with Crippen molar-refractivity contribution in [2.24, 2.45) is 0 Å². The standard InChI is InChI=1S/C22H25FN6O2/c23-18-3-5-19(6-4-18)29-14-12-28(13-15-29)11-10-25-20(30)7-8-21-26-22(27-31-21)17-2-1-9-24-16-17/h1-6,9,16H,7-8,10-15H2,(H,25,30). The van der Waals surface area contributed by atoms with Crippen molar-refractivity contribution in [2.45, 2.75) is 12.8 Å². The van der Waals surface area contributed by atoms with Gasteiger partial charge in [0, 0.05) is 75.8 Å². The number of pyridine rings is 1. The number of piperazine rings is 1. The van der Waals surface area contributed by atoms with E-state index < -0.39 is 0 Å². The number of nitrogens with one attached hydrogen (secondary N) is 1. The molecule has 1 fully saturated rings. The third-order valence-electron chi connectivity index (χ3n) is 5.27. The molecule has 31 heavy (non-hydrogen) atoms. The van der Waals surface area contributed by atoms with Gasteiger partial charge in [-0.15, -0.1) is 0 Å². The summed E-state index contributed by atoms with van der Waals surface area (Å²) in [6.07, 6.45) is 4.05. The number of halogens is 1. The zero-order chi connectivity index (χ0) is 21.5. The zero-order valence-corrected chi connectivity index (χ0v) is 17.2. The molecule has 1 amide bonds. The van der Waals surface area contributed by atoms with E-state index in [0.717, 1.165) is 44.0 Å². The number of amides is 1. The van der Waals surface area contributed by atoms with Crippen LogP contribution in [0.15, 0.2) is 53.3 Å². The van der Waals surface area contributed by atoms with E-state index in [1.54, 1.807) is 12.4 Å². The minimum Gasteiger partial charge on any atom is -0.369 e. The lowest BCUT2D eigenvalue weighted by molar-refractivity contribution is -0.121. The van der Waals surface area contributed by atoms with Gasteiger partial charge in [-0.3, -0.25) is 14.7 Å². The largest absolute Gasteiger partial charge is 0.369 e. The Labute approximate surface area is 180 Å². The van der Waals surface area contributed by atoms with E-state index in [4.69, 9.17) is 4.52 Å². The van der Waals surface area contributed by atoms with Crippen molar-refractivity contribution in [3.63, 3.8) is 0 Å². The number of aromatic nitrogens is 3. The SMILES string of the molecule is O=C(CCc1nc(-c2cccnc2)no1)NCCN1CCN(c2ccc(F)cc2)CC1. The minimum absolute atomic E-state index is 0.0360. The maximum absolute atomic E-state index is 13.1. The predicted octanol–water partition coefficient (Wildman–Crippen LogP) is 2.14. The Morgan fingerprint density at radius 2 is 1.94 bits per heavy atom. The molecule has 1 N–H and O–H groups in total. The Morgan fingerprint density at radius 1 is 1.13 bits per heavy atom. The Kier molecular flexibility index (Phi) is 6.83. The van der Waals surface area contributed by atoms with E-state index in [2.05, 4.69) is 30.2 Å². The van der Waals surface area contributed by atoms with Crippen LogP contribution >= 0.6 is 0 Å². The Hall–Kier alpha value is -3.33. The van der Waals surface area contributed by atoms with Crippen molar-refractivity contribution < 1.29 is 13.7 Å². The number of benzene rings is 1. The fourth-order valence-corrected chi connectivity index (χ4v) is 3.51. The number of rotatable bonds is 8. The average Bonchev–Trinajstić information content (AvgIpc) is 3.29. The summed E-state index contributed by atoms with van der Waals surface area (Å²) in [6, 6.07) is 10.3. The molecule has 1 aliphatic heterocycles. The molecule has 2 aromatic heterocycles. The van der Waals surface area contributed by atoms with Gasteiger partial charge in [0.05, 0.1) is 0 Å². The fourth-order valence-electron chi connectivity index (χ4n) is 3.51. The van der Waals surface area contributed by atoms with Crippen molar-refractivity contribution in [3.05, 3.63) is 60.5 Å². The van der Waals surface area contributed by atoms with E-state index in [9.17, 15) is 9.18 Å². The number of hydrogen-bond donors (Lipinski definition) is 1. The second kappa shape index (κ2) is 10.1. The van der Waals surface area contributed by atoms with Crippen LogP contribution in [0.4, 0.5) is 10.1 Å². The summed E-state index contributed by atoms with van der Waals surface area (Å²) in [5, 5.41) is 6.89. The van der Waals surface area contributed by atoms with Gasteiger partial charge in [0.2, 0.25) is 17.6 Å². The number of carbonyl (C=O) groups excluding carboxylic acids is 1. The minimum atomic E-state index is -0.217. The van der Waals surface area contributed by atoms with Gasteiger partial charge >= 0.3 is 0 Å². The van der Waals surface area contributed by atoms with E-state index in [0.29, 0.717) is 31.1 Å². The van der Waals surface area contributed by atoms with Gasteiger partial charge in [-0.25, -0.2) is 4.39 Å². The highest BCUT2D eigenvalue weighted by Crippen LogP contribution is 2.17. The second-order valence-corrected chi connectivity index (χ2v) is 7.41. The first-order chi connectivity index (χ1) is 15.2.